The molecule has 0 radical (unpaired) electrons. The summed E-state index contributed by atoms with van der Waals surface area (Å²) in [6.07, 6.45) is -5.87. The van der Waals surface area contributed by atoms with Gasteiger partial charge in [0.2, 0.25) is 12.3 Å². The molecule has 1 amide bonds. The van der Waals surface area contributed by atoms with Crippen molar-refractivity contribution in [2.24, 2.45) is 0 Å². The molecule has 1 heterocycles. The maximum Gasteiger partial charge on any atom is 0.416 e. The Morgan fingerprint density at radius 3 is 2.30 bits per heavy atom. The quantitative estimate of drug-likeness (QED) is 0.644. The van der Waals surface area contributed by atoms with Gasteiger partial charge in [-0.25, -0.2) is 4.79 Å². The molecule has 0 spiro atoms. The highest BCUT2D eigenvalue weighted by Crippen LogP contribution is 2.34. The number of aliphatic carboxylic acids is 1. The van der Waals surface area contributed by atoms with Gasteiger partial charge in [0.05, 0.1) is 19.2 Å². The number of carboxylic acids is 1. The fourth-order valence-corrected chi connectivity index (χ4v) is 3.26. The zero-order chi connectivity index (χ0) is 24.6. The number of halogens is 3. The summed E-state index contributed by atoms with van der Waals surface area (Å²) < 4.78 is 49.2. The second kappa shape index (κ2) is 8.81. The molecule has 33 heavy (non-hydrogen) atoms. The van der Waals surface area contributed by atoms with Crippen LogP contribution in [0.15, 0.2) is 42.5 Å². The molecular formula is C22H23F3N2O6. The molecule has 3 rings (SSSR count). The van der Waals surface area contributed by atoms with Crippen molar-refractivity contribution < 1.29 is 42.4 Å². The Morgan fingerprint density at radius 2 is 1.76 bits per heavy atom. The number of ether oxygens (including phenoxy) is 2. The molecule has 2 N–H and O–H groups in total. The number of alkyl halides is 3. The Labute approximate surface area is 187 Å². The highest BCUT2D eigenvalue weighted by molar-refractivity contribution is 5.85. The highest BCUT2D eigenvalue weighted by Gasteiger charge is 2.37. The molecule has 1 unspecified atom stereocenters. The molecule has 11 heteroatoms. The smallest absolute Gasteiger partial charge is 0.416 e. The van der Waals surface area contributed by atoms with E-state index in [4.69, 9.17) is 9.47 Å². The lowest BCUT2D eigenvalue weighted by molar-refractivity contribution is -0.152. The zero-order valence-electron chi connectivity index (χ0n) is 18.1. The first-order valence-corrected chi connectivity index (χ1v) is 9.84. The van der Waals surface area contributed by atoms with E-state index < -0.39 is 35.6 Å². The molecule has 2 aromatic rings. The number of rotatable bonds is 7. The van der Waals surface area contributed by atoms with E-state index in [-0.39, 0.29) is 30.3 Å². The van der Waals surface area contributed by atoms with E-state index in [0.717, 1.165) is 17.0 Å². The molecule has 1 atom stereocenters. The first kappa shape index (κ1) is 24.2. The second-order valence-corrected chi connectivity index (χ2v) is 7.94. The summed E-state index contributed by atoms with van der Waals surface area (Å²) >= 11 is 0. The van der Waals surface area contributed by atoms with Crippen molar-refractivity contribution in [1.82, 2.24) is 4.90 Å². The molecule has 8 nitrogen and oxygen atoms in total. The highest BCUT2D eigenvalue weighted by atomic mass is 19.4. The number of hydrogen-bond donors (Lipinski definition) is 2. The Kier molecular flexibility index (Phi) is 6.46. The topological polar surface area (TPSA) is 99.5 Å². The van der Waals surface area contributed by atoms with Crippen LogP contribution in [0.5, 0.6) is 11.5 Å². The number of anilines is 1. The van der Waals surface area contributed by atoms with E-state index in [1.165, 1.54) is 44.1 Å². The summed E-state index contributed by atoms with van der Waals surface area (Å²) in [5.41, 5.74) is -1.50. The second-order valence-electron chi connectivity index (χ2n) is 7.94. The van der Waals surface area contributed by atoms with Crippen LogP contribution in [0, 0.1) is 0 Å². The van der Waals surface area contributed by atoms with E-state index in [2.05, 4.69) is 0 Å². The first-order valence-electron chi connectivity index (χ1n) is 9.84. The van der Waals surface area contributed by atoms with Gasteiger partial charge < -0.3 is 24.6 Å². The van der Waals surface area contributed by atoms with E-state index in [0.29, 0.717) is 5.56 Å². The van der Waals surface area contributed by atoms with Gasteiger partial charge in [-0.05, 0) is 55.8 Å². The summed E-state index contributed by atoms with van der Waals surface area (Å²) in [7, 11) is 1.38. The molecule has 1 saturated heterocycles. The minimum atomic E-state index is -4.49. The van der Waals surface area contributed by atoms with Crippen molar-refractivity contribution in [1.29, 1.82) is 0 Å². The van der Waals surface area contributed by atoms with Crippen LogP contribution in [0.2, 0.25) is 0 Å². The van der Waals surface area contributed by atoms with Crippen LogP contribution >= 0.6 is 0 Å². The number of benzene rings is 2. The molecule has 0 aromatic heterocycles. The van der Waals surface area contributed by atoms with Gasteiger partial charge in [0.1, 0.15) is 6.54 Å². The van der Waals surface area contributed by atoms with Gasteiger partial charge in [0.15, 0.2) is 17.1 Å². The van der Waals surface area contributed by atoms with Gasteiger partial charge in [0.25, 0.3) is 0 Å². The van der Waals surface area contributed by atoms with Crippen molar-refractivity contribution in [3.05, 3.63) is 53.6 Å². The van der Waals surface area contributed by atoms with Gasteiger partial charge in [-0.2, -0.15) is 13.2 Å². The van der Waals surface area contributed by atoms with Crippen LogP contribution in [0.25, 0.3) is 0 Å². The largest absolute Gasteiger partial charge is 0.493 e. The third kappa shape index (κ3) is 5.14. The molecule has 2 aromatic carbocycles. The van der Waals surface area contributed by atoms with Crippen LogP contribution in [-0.4, -0.2) is 52.6 Å². The average molecular weight is 468 g/mol. The summed E-state index contributed by atoms with van der Waals surface area (Å²) in [5, 5.41) is 19.9. The lowest BCUT2D eigenvalue weighted by Crippen LogP contribution is -2.39. The number of carbonyl (C=O) groups excluding carboxylic acids is 1. The van der Waals surface area contributed by atoms with Gasteiger partial charge in [-0.3, -0.25) is 9.69 Å². The number of carbonyl (C=O) groups is 2. The predicted molar refractivity (Wildman–Crippen MR) is 111 cm³/mol. The molecule has 1 fully saturated rings. The summed E-state index contributed by atoms with van der Waals surface area (Å²) in [4.78, 5) is 26.3. The molecule has 0 aliphatic carbocycles. The lowest BCUT2D eigenvalue weighted by atomic mass is 10.1. The minimum absolute atomic E-state index is 0.0178. The number of aliphatic hydroxyl groups is 1. The normalized spacial score (nSPS) is 16.8. The van der Waals surface area contributed by atoms with Crippen LogP contribution in [-0.2, 0) is 22.3 Å². The third-order valence-electron chi connectivity index (χ3n) is 5.17. The van der Waals surface area contributed by atoms with Crippen molar-refractivity contribution in [2.45, 2.75) is 38.5 Å². The number of hydrogen-bond acceptors (Lipinski definition) is 6. The van der Waals surface area contributed by atoms with Gasteiger partial charge in [-0.1, -0.05) is 6.07 Å². The van der Waals surface area contributed by atoms with Crippen molar-refractivity contribution in [3.8, 4) is 11.5 Å². The number of methoxy groups -OCH3 is 1. The van der Waals surface area contributed by atoms with E-state index in [9.17, 15) is 33.0 Å². The fraction of sp³-hybridized carbons (Fsp3) is 0.364. The summed E-state index contributed by atoms with van der Waals surface area (Å²) in [6, 6.07) is 8.81. The SMILES string of the molecule is COc1cc(CN2C(=O)CN(c3ccc(C(F)(F)F)cc3)C2O)ccc1OC(C)(C)C(=O)O. The van der Waals surface area contributed by atoms with Crippen LogP contribution in [0.4, 0.5) is 18.9 Å². The molecule has 178 valence electrons. The number of amides is 1. The molecule has 1 aliphatic rings. The fourth-order valence-electron chi connectivity index (χ4n) is 3.26. The Balaban J connectivity index is 1.77. The van der Waals surface area contributed by atoms with Crippen molar-refractivity contribution in [2.75, 3.05) is 18.6 Å². The molecule has 1 aliphatic heterocycles. The lowest BCUT2D eigenvalue weighted by Gasteiger charge is -2.27. The maximum absolute atomic E-state index is 12.8. The minimum Gasteiger partial charge on any atom is -0.493 e. The Bertz CT molecular complexity index is 1040. The zero-order valence-corrected chi connectivity index (χ0v) is 18.1. The van der Waals surface area contributed by atoms with Crippen molar-refractivity contribution >= 4 is 17.6 Å². The number of nitrogens with zero attached hydrogens (tertiary/aromatic N) is 2. The molecular weight excluding hydrogens is 445 g/mol. The van der Waals surface area contributed by atoms with Gasteiger partial charge >= 0.3 is 12.1 Å². The van der Waals surface area contributed by atoms with Crippen LogP contribution in [0.1, 0.15) is 25.0 Å². The third-order valence-corrected chi connectivity index (χ3v) is 5.17. The summed E-state index contributed by atoms with van der Waals surface area (Å²) in [6.45, 7) is 2.54. The Morgan fingerprint density at radius 1 is 1.12 bits per heavy atom. The van der Waals surface area contributed by atoms with Crippen LogP contribution in [0.3, 0.4) is 0 Å². The Hall–Kier alpha value is -3.47. The average Bonchev–Trinajstić information content (AvgIpc) is 3.02. The molecule has 0 saturated carbocycles. The maximum atomic E-state index is 12.8. The summed E-state index contributed by atoms with van der Waals surface area (Å²) in [5.74, 6) is -1.16. The van der Waals surface area contributed by atoms with E-state index in [1.54, 1.807) is 12.1 Å². The number of aliphatic hydroxyl groups excluding tert-OH is 1. The first-order chi connectivity index (χ1) is 15.3. The van der Waals surface area contributed by atoms with Crippen LogP contribution < -0.4 is 14.4 Å². The number of carboxylic acid groups (broad SMARTS) is 1. The standard InChI is InChI=1S/C22H23F3N2O6/c1-21(2,19(29)30)33-16-9-4-13(10-17(16)32-3)11-27-18(28)12-26(20(27)31)15-7-5-14(6-8-15)22(23,24)25/h4-10,20,31H,11-12H2,1-3H3,(H,29,30). The van der Waals surface area contributed by atoms with Crippen molar-refractivity contribution in [3.63, 3.8) is 0 Å². The molecule has 0 bridgehead atoms. The van der Waals surface area contributed by atoms with Gasteiger partial charge in [0, 0.05) is 5.69 Å². The predicted octanol–water partition coefficient (Wildman–Crippen LogP) is 3.08. The van der Waals surface area contributed by atoms with E-state index >= 15 is 0 Å². The van der Waals surface area contributed by atoms with Gasteiger partial charge in [-0.15, -0.1) is 0 Å². The monoisotopic (exact) mass is 468 g/mol. The van der Waals surface area contributed by atoms with E-state index in [1.807, 2.05) is 0 Å².